The lowest BCUT2D eigenvalue weighted by atomic mass is 10.1. The Morgan fingerprint density at radius 3 is 2.88 bits per heavy atom. The second-order valence-electron chi connectivity index (χ2n) is 7.98. The van der Waals surface area contributed by atoms with Crippen LogP contribution in [0.2, 0.25) is 0 Å². The van der Waals surface area contributed by atoms with Crippen LogP contribution < -0.4 is 10.7 Å². The Morgan fingerprint density at radius 1 is 1.31 bits per heavy atom. The number of nitrogens with one attached hydrogen (secondary N) is 1. The van der Waals surface area contributed by atoms with Gasteiger partial charge in [0.15, 0.2) is 17.7 Å². The van der Waals surface area contributed by atoms with Crippen LogP contribution in [0, 0.1) is 0 Å². The molecule has 8 nitrogen and oxygen atoms in total. The average molecular weight is 463 g/mol. The van der Waals surface area contributed by atoms with Crippen LogP contribution in [0.1, 0.15) is 50.7 Å². The summed E-state index contributed by atoms with van der Waals surface area (Å²) in [5.41, 5.74) is -1.27. The van der Waals surface area contributed by atoms with Gasteiger partial charge >= 0.3 is 0 Å². The first-order valence-corrected chi connectivity index (χ1v) is 10.6. The quantitative estimate of drug-likeness (QED) is 0.596. The van der Waals surface area contributed by atoms with Crippen LogP contribution in [0.15, 0.2) is 40.2 Å². The Balaban J connectivity index is 1.54. The third kappa shape index (κ3) is 3.02. The van der Waals surface area contributed by atoms with Gasteiger partial charge in [0.1, 0.15) is 17.2 Å². The highest BCUT2D eigenvalue weighted by Gasteiger charge is 2.51. The van der Waals surface area contributed by atoms with Crippen molar-refractivity contribution in [1.82, 2.24) is 14.8 Å². The number of aromatic nitrogens is 1. The Kier molecular flexibility index (Phi) is 4.97. The van der Waals surface area contributed by atoms with Crippen molar-refractivity contribution >= 4 is 24.4 Å². The molecule has 3 unspecified atom stereocenters. The summed E-state index contributed by atoms with van der Waals surface area (Å²) < 4.78 is 34.7. The molecule has 0 spiro atoms. The molecule has 32 heavy (non-hydrogen) atoms. The van der Waals surface area contributed by atoms with Gasteiger partial charge in [0, 0.05) is 36.0 Å². The molecule has 5 rings (SSSR count). The molecule has 2 N–H and O–H groups in total. The number of carbonyl (C=O) groups excluding carboxylic acids is 2. The number of fused-ring (bicyclic) bond motifs is 2. The molecule has 1 aromatic heterocycles. The molecule has 168 valence electrons. The number of allylic oxidation sites excluding steroid dienone is 4. The van der Waals surface area contributed by atoms with Crippen LogP contribution in [0.3, 0.4) is 0 Å². The molecule has 2 amide bonds. The Labute approximate surface area is 186 Å². The number of halogens is 2. The lowest BCUT2D eigenvalue weighted by Crippen LogP contribution is -2.48. The predicted molar refractivity (Wildman–Crippen MR) is 112 cm³/mol. The van der Waals surface area contributed by atoms with E-state index in [1.54, 1.807) is 0 Å². The third-order valence-electron chi connectivity index (χ3n) is 6.17. The van der Waals surface area contributed by atoms with E-state index in [0.717, 1.165) is 12.2 Å². The van der Waals surface area contributed by atoms with Crippen LogP contribution >= 0.6 is 12.6 Å². The second kappa shape index (κ2) is 7.59. The van der Waals surface area contributed by atoms with Crippen molar-refractivity contribution in [3.63, 3.8) is 0 Å². The molecule has 3 aliphatic heterocycles. The zero-order chi connectivity index (χ0) is 22.7. The van der Waals surface area contributed by atoms with Crippen LogP contribution in [0.4, 0.5) is 8.78 Å². The summed E-state index contributed by atoms with van der Waals surface area (Å²) >= 11 is 4.54. The minimum absolute atomic E-state index is 0.0372. The van der Waals surface area contributed by atoms with E-state index < -0.39 is 52.2 Å². The van der Waals surface area contributed by atoms with Gasteiger partial charge in [-0.3, -0.25) is 14.4 Å². The van der Waals surface area contributed by atoms with Crippen molar-refractivity contribution in [2.75, 3.05) is 19.7 Å². The van der Waals surface area contributed by atoms with Crippen molar-refractivity contribution in [3.8, 4) is 5.75 Å². The van der Waals surface area contributed by atoms with Gasteiger partial charge in [-0.25, -0.2) is 8.78 Å². The topological polar surface area (TPSA) is 101 Å². The summed E-state index contributed by atoms with van der Waals surface area (Å²) in [4.78, 5) is 40.3. The zero-order valence-corrected chi connectivity index (χ0v) is 17.6. The number of pyridine rings is 1. The normalized spacial score (nSPS) is 26.1. The summed E-state index contributed by atoms with van der Waals surface area (Å²) in [5, 5.41) is 12.5. The molecular weight excluding hydrogens is 444 g/mol. The number of ether oxygens (including phenoxy) is 1. The summed E-state index contributed by atoms with van der Waals surface area (Å²) in [6.45, 7) is 0.368. The number of amides is 2. The molecule has 1 saturated heterocycles. The van der Waals surface area contributed by atoms with E-state index in [1.807, 2.05) is 0 Å². The van der Waals surface area contributed by atoms with Crippen molar-refractivity contribution in [3.05, 3.63) is 62.6 Å². The third-order valence-corrected chi connectivity index (χ3v) is 6.63. The van der Waals surface area contributed by atoms with Gasteiger partial charge in [-0.2, -0.15) is 12.6 Å². The van der Waals surface area contributed by atoms with Gasteiger partial charge in [0.25, 0.3) is 11.8 Å². The van der Waals surface area contributed by atoms with Crippen molar-refractivity contribution in [2.24, 2.45) is 0 Å². The number of carbonyl (C=O) groups is 2. The fraction of sp³-hybridized carbons (Fsp3) is 0.381. The molecule has 0 saturated carbocycles. The summed E-state index contributed by atoms with van der Waals surface area (Å²) in [6, 6.07) is -0.404. The van der Waals surface area contributed by atoms with E-state index in [9.17, 15) is 28.3 Å². The molecule has 1 aromatic rings. The van der Waals surface area contributed by atoms with Crippen molar-refractivity contribution in [1.29, 1.82) is 0 Å². The second-order valence-corrected chi connectivity index (χ2v) is 8.60. The number of aromatic hydroxyl groups is 1. The first-order valence-electron chi connectivity index (χ1n) is 10.1. The molecular formula is C21H19F2N3O5S. The van der Waals surface area contributed by atoms with E-state index in [0.29, 0.717) is 19.6 Å². The number of thiol groups is 1. The smallest absolute Gasteiger partial charge is 0.276 e. The highest BCUT2D eigenvalue weighted by atomic mass is 32.1. The fourth-order valence-electron chi connectivity index (χ4n) is 4.71. The summed E-state index contributed by atoms with van der Waals surface area (Å²) in [6.07, 6.45) is 3.01. The standard InChI is InChI=1S/C21H19F2N3O5S/c22-10-2-1-9(11(23)4-3-10)8-24-19(29)14-15-13(32)7-12-21-25(5-6-31-21)20(30)16(26(12)15)18(28)17(14)27/h1-2,4,12-13,21,28,32H,3,5-8H2,(H,24,29). The summed E-state index contributed by atoms with van der Waals surface area (Å²) in [5.74, 6) is -3.41. The average Bonchev–Trinajstić information content (AvgIpc) is 3.33. The minimum atomic E-state index is -0.993. The highest BCUT2D eigenvalue weighted by molar-refractivity contribution is 7.80. The first-order chi connectivity index (χ1) is 15.3. The number of hydrogen-bond acceptors (Lipinski definition) is 6. The lowest BCUT2D eigenvalue weighted by Gasteiger charge is -2.36. The molecule has 1 fully saturated rings. The fourth-order valence-corrected chi connectivity index (χ4v) is 5.18. The van der Waals surface area contributed by atoms with Gasteiger partial charge in [-0.05, 0) is 18.6 Å². The predicted octanol–water partition coefficient (Wildman–Crippen LogP) is 2.05. The maximum absolute atomic E-state index is 14.2. The molecule has 4 heterocycles. The van der Waals surface area contributed by atoms with Crippen molar-refractivity contribution in [2.45, 2.75) is 30.4 Å². The zero-order valence-electron chi connectivity index (χ0n) is 16.7. The van der Waals surface area contributed by atoms with E-state index in [2.05, 4.69) is 17.9 Å². The largest absolute Gasteiger partial charge is 0.503 e. The Bertz CT molecular complexity index is 1200. The van der Waals surface area contributed by atoms with E-state index in [4.69, 9.17) is 4.74 Å². The Morgan fingerprint density at radius 2 is 2.09 bits per heavy atom. The maximum atomic E-state index is 14.2. The number of hydrogen-bond donors (Lipinski definition) is 3. The van der Waals surface area contributed by atoms with Crippen LogP contribution in [0.5, 0.6) is 5.75 Å². The van der Waals surface area contributed by atoms with Crippen LogP contribution in [0.25, 0.3) is 0 Å². The molecule has 4 aliphatic rings. The SMILES string of the molecule is O=C(NCC1=CC=C(F)CC=C1F)c1c2n3c(c(O)c1=O)C(=O)N1CCOC1C3CC2S. The number of rotatable bonds is 3. The molecule has 1 aliphatic carbocycles. The van der Waals surface area contributed by atoms with E-state index in [1.165, 1.54) is 15.5 Å². The van der Waals surface area contributed by atoms with Gasteiger partial charge in [-0.1, -0.05) is 6.08 Å². The lowest BCUT2D eigenvalue weighted by molar-refractivity contribution is -0.0125. The van der Waals surface area contributed by atoms with Crippen LogP contribution in [-0.4, -0.2) is 52.3 Å². The van der Waals surface area contributed by atoms with E-state index >= 15 is 0 Å². The highest BCUT2D eigenvalue weighted by Crippen LogP contribution is 2.48. The van der Waals surface area contributed by atoms with Gasteiger partial charge < -0.3 is 24.6 Å². The monoisotopic (exact) mass is 463 g/mol. The molecule has 3 atom stereocenters. The number of nitrogens with zero attached hydrogens (tertiary/aromatic N) is 2. The maximum Gasteiger partial charge on any atom is 0.276 e. The molecule has 0 radical (unpaired) electrons. The Hall–Kier alpha value is -2.92. The molecule has 0 aromatic carbocycles. The van der Waals surface area contributed by atoms with Gasteiger partial charge in [0.2, 0.25) is 5.43 Å². The summed E-state index contributed by atoms with van der Waals surface area (Å²) in [7, 11) is 0. The van der Waals surface area contributed by atoms with Crippen LogP contribution in [-0.2, 0) is 4.74 Å². The van der Waals surface area contributed by atoms with Gasteiger partial charge in [-0.15, -0.1) is 0 Å². The molecule has 0 bridgehead atoms. The van der Waals surface area contributed by atoms with E-state index in [-0.39, 0.29) is 35.5 Å². The minimum Gasteiger partial charge on any atom is -0.503 e. The van der Waals surface area contributed by atoms with Crippen molar-refractivity contribution < 1.29 is 28.2 Å². The first kappa shape index (κ1) is 21.0. The van der Waals surface area contributed by atoms with Gasteiger partial charge in [0.05, 0.1) is 12.6 Å². The molecule has 11 heteroatoms.